The lowest BCUT2D eigenvalue weighted by Crippen LogP contribution is -1.91. The molecule has 2 heterocycles. The van der Waals surface area contributed by atoms with E-state index in [1.807, 2.05) is 12.1 Å². The third kappa shape index (κ3) is 2.62. The van der Waals surface area contributed by atoms with E-state index in [1.165, 1.54) is 6.07 Å². The number of pyridine rings is 1. The molecule has 0 unspecified atom stereocenters. The summed E-state index contributed by atoms with van der Waals surface area (Å²) in [5.41, 5.74) is 1.67. The molecule has 20 heavy (non-hydrogen) atoms. The standard InChI is InChI=1S/C14H10ClN3O2/c15-11-7-10(3-4-12(11)19)14-17-13(18-20-14)6-9-2-1-5-16-8-9/h1-5,7-8,19H,6H2. The summed E-state index contributed by atoms with van der Waals surface area (Å²) >= 11 is 5.85. The first-order valence-corrected chi connectivity index (χ1v) is 6.30. The molecule has 0 amide bonds. The van der Waals surface area contributed by atoms with Gasteiger partial charge in [0, 0.05) is 24.4 Å². The van der Waals surface area contributed by atoms with Crippen LogP contribution in [0.1, 0.15) is 11.4 Å². The minimum Gasteiger partial charge on any atom is -0.506 e. The highest BCUT2D eigenvalue weighted by molar-refractivity contribution is 6.32. The van der Waals surface area contributed by atoms with Gasteiger partial charge in [0.05, 0.1) is 5.02 Å². The second-order valence-electron chi connectivity index (χ2n) is 4.22. The Hall–Kier alpha value is -2.40. The van der Waals surface area contributed by atoms with Crippen LogP contribution in [-0.4, -0.2) is 20.2 Å². The molecule has 0 aliphatic carbocycles. The molecule has 0 saturated carbocycles. The Morgan fingerprint density at radius 2 is 2.15 bits per heavy atom. The predicted octanol–water partition coefficient (Wildman–Crippen LogP) is 3.08. The number of aromatic hydroxyl groups is 1. The molecular formula is C14H10ClN3O2. The smallest absolute Gasteiger partial charge is 0.257 e. The van der Waals surface area contributed by atoms with Crippen LogP contribution >= 0.6 is 11.6 Å². The summed E-state index contributed by atoms with van der Waals surface area (Å²) in [5, 5.41) is 13.6. The fourth-order valence-corrected chi connectivity index (χ4v) is 1.95. The van der Waals surface area contributed by atoms with Crippen LogP contribution < -0.4 is 0 Å². The number of rotatable bonds is 3. The first-order valence-electron chi connectivity index (χ1n) is 5.93. The van der Waals surface area contributed by atoms with Gasteiger partial charge in [0.1, 0.15) is 5.75 Å². The third-order valence-corrected chi connectivity index (χ3v) is 3.05. The number of nitrogens with zero attached hydrogens (tertiary/aromatic N) is 3. The lowest BCUT2D eigenvalue weighted by atomic mass is 10.2. The van der Waals surface area contributed by atoms with Gasteiger partial charge in [-0.25, -0.2) is 0 Å². The van der Waals surface area contributed by atoms with Crippen LogP contribution in [0, 0.1) is 0 Å². The molecule has 0 fully saturated rings. The first-order chi connectivity index (χ1) is 9.72. The zero-order chi connectivity index (χ0) is 13.9. The number of phenolic OH excluding ortho intramolecular Hbond substituents is 1. The molecule has 0 radical (unpaired) electrons. The molecule has 0 aliphatic rings. The highest BCUT2D eigenvalue weighted by Crippen LogP contribution is 2.28. The first kappa shape index (κ1) is 12.6. The van der Waals surface area contributed by atoms with Gasteiger partial charge >= 0.3 is 0 Å². The van der Waals surface area contributed by atoms with E-state index in [0.29, 0.717) is 23.7 Å². The van der Waals surface area contributed by atoms with Crippen molar-refractivity contribution >= 4 is 11.6 Å². The Bertz CT molecular complexity index is 728. The summed E-state index contributed by atoms with van der Waals surface area (Å²) in [5.74, 6) is 0.952. The van der Waals surface area contributed by atoms with Crippen LogP contribution in [-0.2, 0) is 6.42 Å². The van der Waals surface area contributed by atoms with E-state index in [9.17, 15) is 5.11 Å². The summed E-state index contributed by atoms with van der Waals surface area (Å²) in [6.45, 7) is 0. The van der Waals surface area contributed by atoms with Crippen molar-refractivity contribution in [2.75, 3.05) is 0 Å². The van der Waals surface area contributed by atoms with Gasteiger partial charge in [-0.3, -0.25) is 4.98 Å². The van der Waals surface area contributed by atoms with Gasteiger partial charge in [-0.15, -0.1) is 0 Å². The maximum absolute atomic E-state index is 9.39. The second-order valence-corrected chi connectivity index (χ2v) is 4.63. The van der Waals surface area contributed by atoms with Crippen LogP contribution in [0.3, 0.4) is 0 Å². The Balaban J connectivity index is 1.84. The SMILES string of the molecule is Oc1ccc(-c2nc(Cc3cccnc3)no2)cc1Cl. The Morgan fingerprint density at radius 1 is 1.25 bits per heavy atom. The van der Waals surface area contributed by atoms with Crippen LogP contribution in [0.25, 0.3) is 11.5 Å². The molecule has 0 bridgehead atoms. The maximum Gasteiger partial charge on any atom is 0.257 e. The topological polar surface area (TPSA) is 72.0 Å². The summed E-state index contributed by atoms with van der Waals surface area (Å²) in [7, 11) is 0. The highest BCUT2D eigenvalue weighted by Gasteiger charge is 2.11. The number of hydrogen-bond donors (Lipinski definition) is 1. The number of phenols is 1. The molecule has 2 aromatic heterocycles. The van der Waals surface area contributed by atoms with Crippen molar-refractivity contribution < 1.29 is 9.63 Å². The van der Waals surface area contributed by atoms with Crippen LogP contribution in [0.15, 0.2) is 47.2 Å². The van der Waals surface area contributed by atoms with Gasteiger partial charge in [0.15, 0.2) is 5.82 Å². The molecule has 3 rings (SSSR count). The van der Waals surface area contributed by atoms with Gasteiger partial charge < -0.3 is 9.63 Å². The van der Waals surface area contributed by atoms with Crippen molar-refractivity contribution in [1.29, 1.82) is 0 Å². The van der Waals surface area contributed by atoms with Crippen molar-refractivity contribution in [2.45, 2.75) is 6.42 Å². The molecule has 5 nitrogen and oxygen atoms in total. The number of halogens is 1. The largest absolute Gasteiger partial charge is 0.506 e. The minimum absolute atomic E-state index is 0.0190. The quantitative estimate of drug-likeness (QED) is 0.801. The van der Waals surface area contributed by atoms with Crippen molar-refractivity contribution in [3.63, 3.8) is 0 Å². The number of hydrogen-bond acceptors (Lipinski definition) is 5. The molecule has 1 aromatic carbocycles. The van der Waals surface area contributed by atoms with Gasteiger partial charge in [-0.2, -0.15) is 4.98 Å². The second kappa shape index (κ2) is 5.30. The van der Waals surface area contributed by atoms with E-state index in [4.69, 9.17) is 16.1 Å². The van der Waals surface area contributed by atoms with E-state index in [1.54, 1.807) is 24.5 Å². The average Bonchev–Trinajstić information content (AvgIpc) is 2.91. The number of aromatic nitrogens is 3. The van der Waals surface area contributed by atoms with Gasteiger partial charge in [-0.05, 0) is 29.8 Å². The summed E-state index contributed by atoms with van der Waals surface area (Å²) in [6.07, 6.45) is 4.01. The molecule has 0 atom stereocenters. The zero-order valence-corrected chi connectivity index (χ0v) is 11.1. The Kier molecular flexibility index (Phi) is 3.35. The molecule has 3 aromatic rings. The molecular weight excluding hydrogens is 278 g/mol. The molecule has 6 heteroatoms. The lowest BCUT2D eigenvalue weighted by molar-refractivity contribution is 0.423. The third-order valence-electron chi connectivity index (χ3n) is 2.75. The number of benzene rings is 1. The fourth-order valence-electron chi connectivity index (χ4n) is 1.77. The predicted molar refractivity (Wildman–Crippen MR) is 73.5 cm³/mol. The minimum atomic E-state index is 0.0190. The molecule has 0 aliphatic heterocycles. The van der Waals surface area contributed by atoms with E-state index < -0.39 is 0 Å². The van der Waals surface area contributed by atoms with E-state index in [0.717, 1.165) is 5.56 Å². The van der Waals surface area contributed by atoms with Crippen molar-refractivity contribution in [2.24, 2.45) is 0 Å². The molecule has 1 N–H and O–H groups in total. The van der Waals surface area contributed by atoms with Crippen LogP contribution in [0.5, 0.6) is 5.75 Å². The van der Waals surface area contributed by atoms with Gasteiger partial charge in [-0.1, -0.05) is 22.8 Å². The fraction of sp³-hybridized carbons (Fsp3) is 0.0714. The summed E-state index contributed by atoms with van der Waals surface area (Å²) in [6, 6.07) is 8.54. The molecule has 0 saturated heterocycles. The lowest BCUT2D eigenvalue weighted by Gasteiger charge is -1.97. The van der Waals surface area contributed by atoms with Gasteiger partial charge in [0.2, 0.25) is 0 Å². The monoisotopic (exact) mass is 287 g/mol. The Morgan fingerprint density at radius 3 is 2.90 bits per heavy atom. The summed E-state index contributed by atoms with van der Waals surface area (Å²) in [4.78, 5) is 8.34. The van der Waals surface area contributed by atoms with E-state index in [2.05, 4.69) is 15.1 Å². The van der Waals surface area contributed by atoms with Gasteiger partial charge in [0.25, 0.3) is 5.89 Å². The maximum atomic E-state index is 9.39. The molecule has 0 spiro atoms. The van der Waals surface area contributed by atoms with Crippen molar-refractivity contribution in [1.82, 2.24) is 15.1 Å². The van der Waals surface area contributed by atoms with Crippen LogP contribution in [0.2, 0.25) is 5.02 Å². The van der Waals surface area contributed by atoms with Crippen molar-refractivity contribution in [3.05, 3.63) is 59.1 Å². The van der Waals surface area contributed by atoms with E-state index in [-0.39, 0.29) is 10.8 Å². The van der Waals surface area contributed by atoms with E-state index >= 15 is 0 Å². The summed E-state index contributed by atoms with van der Waals surface area (Å²) < 4.78 is 5.20. The zero-order valence-electron chi connectivity index (χ0n) is 10.3. The Labute approximate surface area is 119 Å². The highest BCUT2D eigenvalue weighted by atomic mass is 35.5. The molecule has 100 valence electrons. The van der Waals surface area contributed by atoms with Crippen molar-refractivity contribution in [3.8, 4) is 17.2 Å². The average molecular weight is 288 g/mol. The van der Waals surface area contributed by atoms with Crippen LogP contribution in [0.4, 0.5) is 0 Å². The normalized spacial score (nSPS) is 10.7.